The van der Waals surface area contributed by atoms with Gasteiger partial charge < -0.3 is 0 Å². The lowest BCUT2D eigenvalue weighted by molar-refractivity contribution is 0.00697. The van der Waals surface area contributed by atoms with E-state index in [1.54, 1.807) is 12.1 Å². The lowest BCUT2D eigenvalue weighted by atomic mass is 10.1. The van der Waals surface area contributed by atoms with Crippen LogP contribution in [0.15, 0.2) is 54.6 Å². The third-order valence-corrected chi connectivity index (χ3v) is 2.71. The van der Waals surface area contributed by atoms with Crippen molar-refractivity contribution >= 4 is 0 Å². The van der Waals surface area contributed by atoms with Gasteiger partial charge in [-0.25, -0.2) is 4.39 Å². The molecular formula is C15H16FNO. The molecule has 0 fully saturated rings. The summed E-state index contributed by atoms with van der Waals surface area (Å²) in [6.45, 7) is 2.48. The van der Waals surface area contributed by atoms with E-state index in [0.717, 1.165) is 11.1 Å². The molecule has 1 N–H and O–H groups in total. The predicted octanol–water partition coefficient (Wildman–Crippen LogP) is 3.61. The highest BCUT2D eigenvalue weighted by Crippen LogP contribution is 2.13. The van der Waals surface area contributed by atoms with Gasteiger partial charge >= 0.3 is 0 Å². The van der Waals surface area contributed by atoms with E-state index in [4.69, 9.17) is 4.84 Å². The van der Waals surface area contributed by atoms with Crippen LogP contribution in [0.1, 0.15) is 24.1 Å². The molecule has 0 heterocycles. The molecule has 2 aromatic rings. The van der Waals surface area contributed by atoms with Crippen molar-refractivity contribution in [3.63, 3.8) is 0 Å². The topological polar surface area (TPSA) is 21.3 Å². The van der Waals surface area contributed by atoms with Gasteiger partial charge in [0.1, 0.15) is 5.82 Å². The molecule has 0 saturated carbocycles. The molecule has 3 heteroatoms. The Kier molecular flexibility index (Phi) is 4.45. The molecule has 18 heavy (non-hydrogen) atoms. The molecule has 94 valence electrons. The smallest absolute Gasteiger partial charge is 0.123 e. The van der Waals surface area contributed by atoms with Crippen molar-refractivity contribution in [3.05, 3.63) is 71.5 Å². The van der Waals surface area contributed by atoms with Gasteiger partial charge in [-0.1, -0.05) is 42.5 Å². The van der Waals surface area contributed by atoms with Crippen molar-refractivity contribution in [2.24, 2.45) is 0 Å². The third-order valence-electron chi connectivity index (χ3n) is 2.71. The van der Waals surface area contributed by atoms with Crippen molar-refractivity contribution in [1.82, 2.24) is 5.48 Å². The zero-order chi connectivity index (χ0) is 12.8. The molecule has 1 atom stereocenters. The summed E-state index contributed by atoms with van der Waals surface area (Å²) in [5.74, 6) is -0.226. The Labute approximate surface area is 106 Å². The van der Waals surface area contributed by atoms with Gasteiger partial charge in [-0.2, -0.15) is 5.48 Å². The van der Waals surface area contributed by atoms with Gasteiger partial charge in [0.2, 0.25) is 0 Å². The normalized spacial score (nSPS) is 12.3. The second-order valence-corrected chi connectivity index (χ2v) is 4.17. The van der Waals surface area contributed by atoms with Crippen molar-refractivity contribution in [3.8, 4) is 0 Å². The van der Waals surface area contributed by atoms with E-state index in [1.807, 2.05) is 37.3 Å². The highest BCUT2D eigenvalue weighted by atomic mass is 19.1. The Bertz CT molecular complexity index is 470. The lowest BCUT2D eigenvalue weighted by Gasteiger charge is -2.14. The lowest BCUT2D eigenvalue weighted by Crippen LogP contribution is -2.18. The summed E-state index contributed by atoms with van der Waals surface area (Å²) in [5, 5.41) is 0. The van der Waals surface area contributed by atoms with E-state index in [0.29, 0.717) is 6.61 Å². The van der Waals surface area contributed by atoms with Gasteiger partial charge in [0.05, 0.1) is 12.6 Å². The monoisotopic (exact) mass is 245 g/mol. The first-order chi connectivity index (χ1) is 8.75. The molecule has 2 rings (SSSR count). The number of rotatable bonds is 5. The highest BCUT2D eigenvalue weighted by molar-refractivity contribution is 5.19. The minimum absolute atomic E-state index is 0.0225. The Balaban J connectivity index is 1.81. The zero-order valence-electron chi connectivity index (χ0n) is 10.3. The van der Waals surface area contributed by atoms with Crippen molar-refractivity contribution in [2.45, 2.75) is 19.6 Å². The molecule has 0 radical (unpaired) electrons. The average Bonchev–Trinajstić information content (AvgIpc) is 2.40. The van der Waals surface area contributed by atoms with Crippen LogP contribution in [0.25, 0.3) is 0 Å². The summed E-state index contributed by atoms with van der Waals surface area (Å²) in [5.41, 5.74) is 5.04. The summed E-state index contributed by atoms with van der Waals surface area (Å²) in [7, 11) is 0. The highest BCUT2D eigenvalue weighted by Gasteiger charge is 2.04. The van der Waals surface area contributed by atoms with E-state index in [1.165, 1.54) is 12.1 Å². The SMILES string of the molecule is CC(NOCc1ccccc1)c1ccc(F)cc1. The van der Waals surface area contributed by atoms with Crippen molar-refractivity contribution in [2.75, 3.05) is 0 Å². The quantitative estimate of drug-likeness (QED) is 0.812. The molecule has 2 aromatic carbocycles. The van der Waals surface area contributed by atoms with Crippen molar-refractivity contribution < 1.29 is 9.23 Å². The molecule has 0 aromatic heterocycles. The summed E-state index contributed by atoms with van der Waals surface area (Å²) in [6, 6.07) is 16.3. The first-order valence-electron chi connectivity index (χ1n) is 5.92. The molecule has 0 amide bonds. The summed E-state index contributed by atoms with van der Waals surface area (Å²) in [4.78, 5) is 5.42. The van der Waals surface area contributed by atoms with Gasteiger partial charge in [0.25, 0.3) is 0 Å². The van der Waals surface area contributed by atoms with Gasteiger partial charge in [0.15, 0.2) is 0 Å². The molecule has 0 aliphatic rings. The molecule has 1 unspecified atom stereocenters. The number of hydroxylamine groups is 1. The molecular weight excluding hydrogens is 229 g/mol. The second-order valence-electron chi connectivity index (χ2n) is 4.17. The van der Waals surface area contributed by atoms with E-state index in [2.05, 4.69) is 5.48 Å². The van der Waals surface area contributed by atoms with Crippen LogP contribution in [0, 0.1) is 5.82 Å². The van der Waals surface area contributed by atoms with Crippen LogP contribution in [0.5, 0.6) is 0 Å². The maximum Gasteiger partial charge on any atom is 0.123 e. The Morgan fingerprint density at radius 3 is 2.39 bits per heavy atom. The molecule has 0 bridgehead atoms. The van der Waals surface area contributed by atoms with Gasteiger partial charge in [-0.05, 0) is 30.2 Å². The Hall–Kier alpha value is -1.71. The fourth-order valence-electron chi connectivity index (χ4n) is 1.64. The maximum atomic E-state index is 12.8. The number of nitrogens with one attached hydrogen (secondary N) is 1. The summed E-state index contributed by atoms with van der Waals surface area (Å²) >= 11 is 0. The molecule has 0 aliphatic heterocycles. The molecule has 0 aliphatic carbocycles. The van der Waals surface area contributed by atoms with E-state index in [-0.39, 0.29) is 11.9 Å². The van der Waals surface area contributed by atoms with E-state index >= 15 is 0 Å². The standard InChI is InChI=1S/C15H16FNO/c1-12(14-7-9-15(16)10-8-14)17-18-11-13-5-3-2-4-6-13/h2-10,12,17H,11H2,1H3. The third kappa shape index (κ3) is 3.65. The molecule has 0 spiro atoms. The maximum absolute atomic E-state index is 12.8. The minimum atomic E-state index is -0.226. The van der Waals surface area contributed by atoms with Crippen LogP contribution in [-0.4, -0.2) is 0 Å². The average molecular weight is 245 g/mol. The van der Waals surface area contributed by atoms with Gasteiger partial charge in [-0.3, -0.25) is 4.84 Å². The summed E-state index contributed by atoms with van der Waals surface area (Å²) in [6.07, 6.45) is 0. The number of halogens is 1. The summed E-state index contributed by atoms with van der Waals surface area (Å²) < 4.78 is 12.8. The fourth-order valence-corrected chi connectivity index (χ4v) is 1.64. The first-order valence-corrected chi connectivity index (χ1v) is 5.92. The zero-order valence-corrected chi connectivity index (χ0v) is 10.3. The predicted molar refractivity (Wildman–Crippen MR) is 69.2 cm³/mol. The Morgan fingerprint density at radius 2 is 1.72 bits per heavy atom. The van der Waals surface area contributed by atoms with E-state index < -0.39 is 0 Å². The number of benzene rings is 2. The number of hydrogen-bond acceptors (Lipinski definition) is 2. The van der Waals surface area contributed by atoms with Gasteiger partial charge in [-0.15, -0.1) is 0 Å². The molecule has 0 saturated heterocycles. The van der Waals surface area contributed by atoms with Crippen LogP contribution in [0.3, 0.4) is 0 Å². The van der Waals surface area contributed by atoms with Crippen LogP contribution >= 0.6 is 0 Å². The molecule has 2 nitrogen and oxygen atoms in total. The fraction of sp³-hybridized carbons (Fsp3) is 0.200. The van der Waals surface area contributed by atoms with Crippen molar-refractivity contribution in [1.29, 1.82) is 0 Å². The van der Waals surface area contributed by atoms with Gasteiger partial charge in [0, 0.05) is 0 Å². The first kappa shape index (κ1) is 12.7. The largest absolute Gasteiger partial charge is 0.296 e. The second kappa shape index (κ2) is 6.28. The van der Waals surface area contributed by atoms with Crippen LogP contribution in [-0.2, 0) is 11.4 Å². The van der Waals surface area contributed by atoms with Crippen LogP contribution in [0.4, 0.5) is 4.39 Å². The Morgan fingerprint density at radius 1 is 1.06 bits per heavy atom. The minimum Gasteiger partial charge on any atom is -0.296 e. The number of hydrogen-bond donors (Lipinski definition) is 1. The van der Waals surface area contributed by atoms with Crippen LogP contribution in [0.2, 0.25) is 0 Å². The van der Waals surface area contributed by atoms with E-state index in [9.17, 15) is 4.39 Å². The van der Waals surface area contributed by atoms with Crippen LogP contribution < -0.4 is 5.48 Å².